The van der Waals surface area contributed by atoms with Crippen molar-refractivity contribution in [1.29, 1.82) is 0 Å². The number of ether oxygens (including phenoxy) is 3. The molecule has 0 unspecified atom stereocenters. The minimum Gasteiger partial charge on any atom is -0.369 e. The van der Waals surface area contributed by atoms with Gasteiger partial charge < -0.3 is 14.2 Å². The van der Waals surface area contributed by atoms with Crippen molar-refractivity contribution < 1.29 is 14.2 Å². The molecule has 1 fully saturated rings. The van der Waals surface area contributed by atoms with E-state index in [1.165, 1.54) is 0 Å². The molecule has 3 nitrogen and oxygen atoms in total. The topological polar surface area (TPSA) is 27.7 Å². The van der Waals surface area contributed by atoms with Gasteiger partial charge in [0.1, 0.15) is 6.10 Å². The second-order valence-corrected chi connectivity index (χ2v) is 10.3. The van der Waals surface area contributed by atoms with Crippen LogP contribution in [-0.2, 0) is 14.2 Å². The van der Waals surface area contributed by atoms with Crippen molar-refractivity contribution in [3.63, 3.8) is 0 Å². The molecule has 0 bridgehead atoms. The third-order valence-electron chi connectivity index (χ3n) is 2.48. The van der Waals surface area contributed by atoms with Gasteiger partial charge in [-0.25, -0.2) is 0 Å². The van der Waals surface area contributed by atoms with Crippen LogP contribution in [0, 0.1) is 0 Å². The van der Waals surface area contributed by atoms with Crippen LogP contribution in [0.15, 0.2) is 11.8 Å². The minimum atomic E-state index is -1.09. The van der Waals surface area contributed by atoms with Crippen molar-refractivity contribution >= 4 is 8.07 Å². The lowest BCUT2D eigenvalue weighted by Crippen LogP contribution is -2.37. The number of rotatable bonds is 5. The van der Waals surface area contributed by atoms with Crippen LogP contribution in [-0.4, -0.2) is 40.8 Å². The number of hydrogen-bond acceptors (Lipinski definition) is 3. The molecular formula is C12H24O3Si. The van der Waals surface area contributed by atoms with Crippen LogP contribution in [0.2, 0.25) is 19.6 Å². The predicted octanol–water partition coefficient (Wildman–Crippen LogP) is 2.59. The number of hydrogen-bond donors (Lipinski definition) is 0. The van der Waals surface area contributed by atoms with E-state index < -0.39 is 8.07 Å². The Morgan fingerprint density at radius 2 is 2.12 bits per heavy atom. The van der Waals surface area contributed by atoms with E-state index in [1.807, 2.05) is 0 Å². The molecule has 0 aromatic carbocycles. The third kappa shape index (κ3) is 5.25. The fraction of sp³-hybridized carbons (Fsp3) is 0.833. The van der Waals surface area contributed by atoms with E-state index in [0.717, 1.165) is 19.4 Å². The Labute approximate surface area is 99.8 Å². The van der Waals surface area contributed by atoms with Gasteiger partial charge in [-0.2, -0.15) is 0 Å². The molecule has 16 heavy (non-hydrogen) atoms. The average molecular weight is 244 g/mol. The van der Waals surface area contributed by atoms with Crippen LogP contribution in [0.25, 0.3) is 0 Å². The summed E-state index contributed by atoms with van der Waals surface area (Å²) in [5.41, 5.74) is 2.30. The molecule has 0 amide bonds. The molecular weight excluding hydrogens is 220 g/mol. The minimum absolute atomic E-state index is 0.0880. The van der Waals surface area contributed by atoms with Gasteiger partial charge >= 0.3 is 0 Å². The standard InChI is InChI=1S/C12H24O3Si/c1-13-12-11(7-5-8-15-12)14-9-6-10-16(2,3)4/h6,10-12H,5,7-9H2,1-4H3/b10-6-/t11-,12-/m0/s1. The molecule has 0 aliphatic carbocycles. The zero-order chi connectivity index (χ0) is 12.0. The van der Waals surface area contributed by atoms with Crippen LogP contribution < -0.4 is 0 Å². The summed E-state index contributed by atoms with van der Waals surface area (Å²) in [5.74, 6) is 0. The van der Waals surface area contributed by atoms with Crippen LogP contribution in [0.1, 0.15) is 12.8 Å². The highest BCUT2D eigenvalue weighted by Crippen LogP contribution is 2.17. The van der Waals surface area contributed by atoms with Gasteiger partial charge in [-0.05, 0) is 12.8 Å². The van der Waals surface area contributed by atoms with Gasteiger partial charge in [0.15, 0.2) is 6.29 Å². The first kappa shape index (κ1) is 13.9. The molecule has 1 saturated heterocycles. The van der Waals surface area contributed by atoms with E-state index in [9.17, 15) is 0 Å². The Kier molecular flexibility index (Phi) is 5.68. The molecule has 1 heterocycles. The maximum atomic E-state index is 5.77. The Balaban J connectivity index is 2.28. The van der Waals surface area contributed by atoms with Gasteiger partial charge in [0.05, 0.1) is 14.7 Å². The van der Waals surface area contributed by atoms with Crippen LogP contribution >= 0.6 is 0 Å². The lowest BCUT2D eigenvalue weighted by molar-refractivity contribution is -0.213. The third-order valence-corrected chi connectivity index (χ3v) is 3.71. The molecule has 4 heteroatoms. The highest BCUT2D eigenvalue weighted by molar-refractivity contribution is 6.80. The van der Waals surface area contributed by atoms with Crippen molar-refractivity contribution in [2.75, 3.05) is 20.3 Å². The molecule has 0 aromatic rings. The number of methoxy groups -OCH3 is 1. The average Bonchev–Trinajstić information content (AvgIpc) is 2.23. The van der Waals surface area contributed by atoms with Gasteiger partial charge in [0, 0.05) is 13.7 Å². The summed E-state index contributed by atoms with van der Waals surface area (Å²) in [6, 6.07) is 0. The van der Waals surface area contributed by atoms with Crippen LogP contribution in [0.5, 0.6) is 0 Å². The summed E-state index contributed by atoms with van der Waals surface area (Å²) in [4.78, 5) is 0. The second-order valence-electron chi connectivity index (χ2n) is 5.26. The molecule has 1 aliphatic heterocycles. The summed E-state index contributed by atoms with van der Waals surface area (Å²) in [6.45, 7) is 8.38. The van der Waals surface area contributed by atoms with Gasteiger partial charge in [-0.15, -0.1) is 0 Å². The maximum Gasteiger partial charge on any atom is 0.183 e. The monoisotopic (exact) mass is 244 g/mol. The molecule has 1 aliphatic rings. The van der Waals surface area contributed by atoms with Crippen LogP contribution in [0.3, 0.4) is 0 Å². The molecule has 0 radical (unpaired) electrons. The SMILES string of the molecule is CO[C@H]1OCCC[C@@H]1OC/C=C\[Si](C)(C)C. The van der Waals surface area contributed by atoms with E-state index in [0.29, 0.717) is 6.61 Å². The van der Waals surface area contributed by atoms with Crippen LogP contribution in [0.4, 0.5) is 0 Å². The first-order valence-electron chi connectivity index (χ1n) is 5.96. The lowest BCUT2D eigenvalue weighted by Gasteiger charge is -2.30. The van der Waals surface area contributed by atoms with E-state index in [1.54, 1.807) is 7.11 Å². The summed E-state index contributed by atoms with van der Waals surface area (Å²) in [7, 11) is 0.579. The Bertz CT molecular complexity index is 223. The summed E-state index contributed by atoms with van der Waals surface area (Å²) in [6.07, 6.45) is 4.12. The predicted molar refractivity (Wildman–Crippen MR) is 68.2 cm³/mol. The molecule has 0 saturated carbocycles. The second kappa shape index (κ2) is 6.54. The van der Waals surface area contributed by atoms with Crippen molar-refractivity contribution in [1.82, 2.24) is 0 Å². The fourth-order valence-corrected chi connectivity index (χ4v) is 2.49. The quantitative estimate of drug-likeness (QED) is 0.696. The largest absolute Gasteiger partial charge is 0.369 e. The normalized spacial score (nSPS) is 27.5. The van der Waals surface area contributed by atoms with Crippen molar-refractivity contribution in [2.24, 2.45) is 0 Å². The molecule has 0 aromatic heterocycles. The zero-order valence-electron chi connectivity index (χ0n) is 10.9. The zero-order valence-corrected chi connectivity index (χ0v) is 11.9. The van der Waals surface area contributed by atoms with E-state index in [4.69, 9.17) is 14.2 Å². The molecule has 0 spiro atoms. The lowest BCUT2D eigenvalue weighted by atomic mass is 10.1. The molecule has 94 valence electrons. The summed E-state index contributed by atoms with van der Waals surface area (Å²) >= 11 is 0. The summed E-state index contributed by atoms with van der Waals surface area (Å²) in [5, 5.41) is 0. The first-order chi connectivity index (χ1) is 7.53. The maximum absolute atomic E-state index is 5.77. The summed E-state index contributed by atoms with van der Waals surface area (Å²) < 4.78 is 16.5. The van der Waals surface area contributed by atoms with E-state index in [-0.39, 0.29) is 12.4 Å². The highest BCUT2D eigenvalue weighted by Gasteiger charge is 2.25. The van der Waals surface area contributed by atoms with E-state index in [2.05, 4.69) is 31.4 Å². The highest BCUT2D eigenvalue weighted by atomic mass is 28.3. The molecule has 0 N–H and O–H groups in total. The molecule has 1 rings (SSSR count). The van der Waals surface area contributed by atoms with Gasteiger partial charge in [-0.3, -0.25) is 0 Å². The van der Waals surface area contributed by atoms with E-state index >= 15 is 0 Å². The van der Waals surface area contributed by atoms with Gasteiger partial charge in [0.2, 0.25) is 0 Å². The van der Waals surface area contributed by atoms with Crippen molar-refractivity contribution in [3.8, 4) is 0 Å². The van der Waals surface area contributed by atoms with Crippen molar-refractivity contribution in [2.45, 2.75) is 44.9 Å². The first-order valence-corrected chi connectivity index (χ1v) is 9.54. The Morgan fingerprint density at radius 3 is 2.75 bits per heavy atom. The van der Waals surface area contributed by atoms with Crippen molar-refractivity contribution in [3.05, 3.63) is 11.8 Å². The van der Waals surface area contributed by atoms with Gasteiger partial charge in [0.25, 0.3) is 0 Å². The Morgan fingerprint density at radius 1 is 1.38 bits per heavy atom. The Hall–Kier alpha value is -0.163. The van der Waals surface area contributed by atoms with Gasteiger partial charge in [-0.1, -0.05) is 31.4 Å². The molecule has 2 atom stereocenters. The fourth-order valence-electron chi connectivity index (χ4n) is 1.69. The smallest absolute Gasteiger partial charge is 0.183 e.